The molecular formula is C19H18N2O4. The van der Waals surface area contributed by atoms with Gasteiger partial charge in [0.2, 0.25) is 11.8 Å². The average Bonchev–Trinajstić information content (AvgIpc) is 3.03. The molecular weight excluding hydrogens is 320 g/mol. The number of carbonyl (C=O) groups is 3. The number of ether oxygens (including phenoxy) is 1. The number of nitrogens with zero attached hydrogens (tertiary/aromatic N) is 1. The fraction of sp³-hybridized carbons (Fsp3) is 0.211. The SMILES string of the molecule is O=C(Nc1ccccc1)[C@@H]1CCN(C(=O)OCc2ccccc2)C1=O. The van der Waals surface area contributed by atoms with Crippen LogP contribution in [0.4, 0.5) is 10.5 Å². The van der Waals surface area contributed by atoms with E-state index in [9.17, 15) is 14.4 Å². The second-order valence-electron chi connectivity index (χ2n) is 5.73. The lowest BCUT2D eigenvalue weighted by molar-refractivity contribution is -0.134. The van der Waals surface area contributed by atoms with E-state index in [4.69, 9.17) is 4.74 Å². The molecule has 1 N–H and O–H groups in total. The summed E-state index contributed by atoms with van der Waals surface area (Å²) in [5.74, 6) is -1.80. The molecule has 0 aliphatic carbocycles. The van der Waals surface area contributed by atoms with E-state index in [2.05, 4.69) is 5.32 Å². The van der Waals surface area contributed by atoms with Crippen LogP contribution in [0, 0.1) is 5.92 Å². The number of rotatable bonds is 4. The number of anilines is 1. The molecule has 25 heavy (non-hydrogen) atoms. The molecule has 1 heterocycles. The fourth-order valence-electron chi connectivity index (χ4n) is 2.65. The zero-order valence-electron chi connectivity index (χ0n) is 13.6. The average molecular weight is 338 g/mol. The van der Waals surface area contributed by atoms with Crippen LogP contribution in [0.2, 0.25) is 0 Å². The van der Waals surface area contributed by atoms with Gasteiger partial charge in [-0.25, -0.2) is 9.69 Å². The van der Waals surface area contributed by atoms with Crippen LogP contribution in [0.5, 0.6) is 0 Å². The number of benzene rings is 2. The predicted molar refractivity (Wildman–Crippen MR) is 91.5 cm³/mol. The van der Waals surface area contributed by atoms with Crippen molar-refractivity contribution in [2.45, 2.75) is 13.0 Å². The number of hydrogen-bond acceptors (Lipinski definition) is 4. The number of nitrogens with one attached hydrogen (secondary N) is 1. The van der Waals surface area contributed by atoms with Gasteiger partial charge < -0.3 is 10.1 Å². The van der Waals surface area contributed by atoms with Gasteiger partial charge in [0.1, 0.15) is 12.5 Å². The molecule has 3 amide bonds. The molecule has 0 saturated carbocycles. The van der Waals surface area contributed by atoms with Crippen molar-refractivity contribution in [3.8, 4) is 0 Å². The molecule has 0 spiro atoms. The maximum atomic E-state index is 12.4. The summed E-state index contributed by atoms with van der Waals surface area (Å²) in [7, 11) is 0. The van der Waals surface area contributed by atoms with Crippen LogP contribution >= 0.6 is 0 Å². The fourth-order valence-corrected chi connectivity index (χ4v) is 2.65. The maximum absolute atomic E-state index is 12.4. The molecule has 1 aliphatic heterocycles. The molecule has 2 aromatic carbocycles. The lowest BCUT2D eigenvalue weighted by Crippen LogP contribution is -2.37. The van der Waals surface area contributed by atoms with Gasteiger partial charge in [-0.3, -0.25) is 9.59 Å². The first kappa shape index (κ1) is 16.7. The number of imide groups is 1. The topological polar surface area (TPSA) is 75.7 Å². The molecule has 1 saturated heterocycles. The molecule has 1 aliphatic rings. The Morgan fingerprint density at radius 2 is 1.68 bits per heavy atom. The van der Waals surface area contributed by atoms with Crippen molar-refractivity contribution in [3.63, 3.8) is 0 Å². The summed E-state index contributed by atoms with van der Waals surface area (Å²) in [6, 6.07) is 18.1. The van der Waals surface area contributed by atoms with Crippen LogP contribution in [-0.2, 0) is 20.9 Å². The van der Waals surface area contributed by atoms with Crippen molar-refractivity contribution in [2.75, 3.05) is 11.9 Å². The van der Waals surface area contributed by atoms with Gasteiger partial charge in [-0.1, -0.05) is 48.5 Å². The summed E-state index contributed by atoms with van der Waals surface area (Å²) in [5, 5.41) is 2.69. The zero-order valence-corrected chi connectivity index (χ0v) is 13.6. The number of amides is 3. The monoisotopic (exact) mass is 338 g/mol. The van der Waals surface area contributed by atoms with Crippen LogP contribution in [0.15, 0.2) is 60.7 Å². The highest BCUT2D eigenvalue weighted by Gasteiger charge is 2.40. The Balaban J connectivity index is 1.55. The normalized spacial score (nSPS) is 16.6. The number of para-hydroxylation sites is 1. The molecule has 0 aromatic heterocycles. The molecule has 0 unspecified atom stereocenters. The first-order valence-electron chi connectivity index (χ1n) is 8.03. The van der Waals surface area contributed by atoms with Crippen LogP contribution in [0.25, 0.3) is 0 Å². The van der Waals surface area contributed by atoms with Gasteiger partial charge in [0.25, 0.3) is 0 Å². The first-order valence-corrected chi connectivity index (χ1v) is 8.03. The molecule has 6 nitrogen and oxygen atoms in total. The third-order valence-corrected chi connectivity index (χ3v) is 3.99. The molecule has 0 bridgehead atoms. The molecule has 3 rings (SSSR count). The third-order valence-electron chi connectivity index (χ3n) is 3.99. The van der Waals surface area contributed by atoms with Crippen molar-refractivity contribution in [2.24, 2.45) is 5.92 Å². The van der Waals surface area contributed by atoms with E-state index in [-0.39, 0.29) is 19.6 Å². The smallest absolute Gasteiger partial charge is 0.416 e. The van der Waals surface area contributed by atoms with Crippen molar-refractivity contribution < 1.29 is 19.1 Å². The molecule has 6 heteroatoms. The quantitative estimate of drug-likeness (QED) is 0.870. The van der Waals surface area contributed by atoms with Gasteiger partial charge in [-0.05, 0) is 24.1 Å². The largest absolute Gasteiger partial charge is 0.444 e. The standard InChI is InChI=1S/C19H18N2O4/c22-17(20-15-9-5-2-6-10-15)16-11-12-21(18(16)23)19(24)25-13-14-7-3-1-4-8-14/h1-10,16H,11-13H2,(H,20,22)/t16-/m0/s1. The van der Waals surface area contributed by atoms with E-state index in [1.54, 1.807) is 24.3 Å². The Morgan fingerprint density at radius 3 is 2.36 bits per heavy atom. The second-order valence-corrected chi connectivity index (χ2v) is 5.73. The second kappa shape index (κ2) is 7.61. The summed E-state index contributed by atoms with van der Waals surface area (Å²) < 4.78 is 5.16. The Bertz CT molecular complexity index is 762. The number of hydrogen-bond donors (Lipinski definition) is 1. The highest BCUT2D eigenvalue weighted by atomic mass is 16.6. The first-order chi connectivity index (χ1) is 12.1. The van der Waals surface area contributed by atoms with Gasteiger partial charge in [-0.15, -0.1) is 0 Å². The summed E-state index contributed by atoms with van der Waals surface area (Å²) in [5.41, 5.74) is 1.45. The predicted octanol–water partition coefficient (Wildman–Crippen LogP) is 2.81. The van der Waals surface area contributed by atoms with Crippen LogP contribution in [-0.4, -0.2) is 29.4 Å². The van der Waals surface area contributed by atoms with Gasteiger partial charge in [0.15, 0.2) is 0 Å². The highest BCUT2D eigenvalue weighted by molar-refractivity contribution is 6.10. The van der Waals surface area contributed by atoms with Crippen LogP contribution in [0.3, 0.4) is 0 Å². The van der Waals surface area contributed by atoms with E-state index in [1.165, 1.54) is 0 Å². The maximum Gasteiger partial charge on any atom is 0.416 e. The summed E-state index contributed by atoms with van der Waals surface area (Å²) in [6.45, 7) is 0.268. The van der Waals surface area contributed by atoms with Crippen LogP contribution < -0.4 is 5.32 Å². The molecule has 1 atom stereocenters. The Hall–Kier alpha value is -3.15. The molecule has 128 valence electrons. The number of carbonyl (C=O) groups excluding carboxylic acids is 3. The van der Waals surface area contributed by atoms with Gasteiger partial charge in [-0.2, -0.15) is 0 Å². The molecule has 1 fully saturated rings. The van der Waals surface area contributed by atoms with Crippen molar-refractivity contribution in [1.82, 2.24) is 4.90 Å². The summed E-state index contributed by atoms with van der Waals surface area (Å²) in [4.78, 5) is 37.7. The number of likely N-dealkylation sites (tertiary alicyclic amines) is 1. The van der Waals surface area contributed by atoms with E-state index < -0.39 is 23.8 Å². The lowest BCUT2D eigenvalue weighted by Gasteiger charge is -2.15. The van der Waals surface area contributed by atoms with Crippen molar-refractivity contribution >= 4 is 23.6 Å². The molecule has 2 aromatic rings. The minimum Gasteiger partial charge on any atom is -0.444 e. The zero-order chi connectivity index (χ0) is 17.6. The van der Waals surface area contributed by atoms with E-state index in [1.807, 2.05) is 36.4 Å². The summed E-state index contributed by atoms with van der Waals surface area (Å²) >= 11 is 0. The minimum atomic E-state index is -0.871. The minimum absolute atomic E-state index is 0.0876. The van der Waals surface area contributed by atoms with Gasteiger partial charge in [0, 0.05) is 12.2 Å². The van der Waals surface area contributed by atoms with E-state index in [0.717, 1.165) is 10.5 Å². The van der Waals surface area contributed by atoms with Crippen molar-refractivity contribution in [3.05, 3.63) is 66.2 Å². The molecule has 0 radical (unpaired) electrons. The highest BCUT2D eigenvalue weighted by Crippen LogP contribution is 2.21. The van der Waals surface area contributed by atoms with Gasteiger partial charge in [0.05, 0.1) is 0 Å². The Kier molecular flexibility index (Phi) is 5.09. The lowest BCUT2D eigenvalue weighted by atomic mass is 10.1. The Morgan fingerprint density at radius 1 is 1.04 bits per heavy atom. The van der Waals surface area contributed by atoms with Crippen LogP contribution in [0.1, 0.15) is 12.0 Å². The van der Waals surface area contributed by atoms with Crippen molar-refractivity contribution in [1.29, 1.82) is 0 Å². The van der Waals surface area contributed by atoms with E-state index in [0.29, 0.717) is 5.69 Å². The van der Waals surface area contributed by atoms with E-state index >= 15 is 0 Å². The third kappa shape index (κ3) is 4.03. The van der Waals surface area contributed by atoms with Gasteiger partial charge >= 0.3 is 6.09 Å². The Labute approximate surface area is 145 Å². The summed E-state index contributed by atoms with van der Waals surface area (Å²) in [6.07, 6.45) is -0.429.